The van der Waals surface area contributed by atoms with Gasteiger partial charge in [-0.1, -0.05) is 23.7 Å². The van der Waals surface area contributed by atoms with E-state index in [0.717, 1.165) is 22.5 Å². The summed E-state index contributed by atoms with van der Waals surface area (Å²) in [5.41, 5.74) is 3.97. The van der Waals surface area contributed by atoms with Gasteiger partial charge >= 0.3 is 0 Å². The van der Waals surface area contributed by atoms with Crippen molar-refractivity contribution in [3.05, 3.63) is 58.6 Å². The first-order valence-electron chi connectivity index (χ1n) is 6.42. The maximum Gasteiger partial charge on any atom is 0.243 e. The molecule has 0 aliphatic carbocycles. The molecule has 4 heteroatoms. The van der Waals surface area contributed by atoms with Crippen LogP contribution in [-0.4, -0.2) is 12.5 Å². The molecule has 104 valence electrons. The van der Waals surface area contributed by atoms with Crippen LogP contribution >= 0.6 is 11.6 Å². The van der Waals surface area contributed by atoms with Crippen molar-refractivity contribution in [2.75, 3.05) is 17.2 Å². The number of hydrogen-bond acceptors (Lipinski definition) is 2. The molecular weight excluding hydrogens is 272 g/mol. The number of carbonyl (C=O) groups is 1. The summed E-state index contributed by atoms with van der Waals surface area (Å²) in [5, 5.41) is 6.64. The average Bonchev–Trinajstić information content (AvgIpc) is 2.43. The van der Waals surface area contributed by atoms with Gasteiger partial charge in [-0.3, -0.25) is 4.79 Å². The second kappa shape index (κ2) is 6.44. The molecule has 0 aliphatic heterocycles. The molecule has 0 fully saturated rings. The molecule has 0 radical (unpaired) electrons. The van der Waals surface area contributed by atoms with Crippen LogP contribution < -0.4 is 10.6 Å². The molecule has 0 bridgehead atoms. The Morgan fingerprint density at radius 2 is 1.80 bits per heavy atom. The second-order valence-corrected chi connectivity index (χ2v) is 5.09. The van der Waals surface area contributed by atoms with Gasteiger partial charge in [0.15, 0.2) is 0 Å². The molecule has 3 nitrogen and oxygen atoms in total. The lowest BCUT2D eigenvalue weighted by atomic mass is 10.1. The molecule has 1 amide bonds. The zero-order valence-corrected chi connectivity index (χ0v) is 12.3. The van der Waals surface area contributed by atoms with Gasteiger partial charge in [-0.25, -0.2) is 0 Å². The number of rotatable bonds is 4. The van der Waals surface area contributed by atoms with Gasteiger partial charge in [0, 0.05) is 16.4 Å². The van der Waals surface area contributed by atoms with E-state index in [-0.39, 0.29) is 12.5 Å². The van der Waals surface area contributed by atoms with Crippen molar-refractivity contribution in [3.8, 4) is 0 Å². The summed E-state index contributed by atoms with van der Waals surface area (Å²) < 4.78 is 0. The molecule has 0 unspecified atom stereocenters. The number of hydrogen-bond donors (Lipinski definition) is 2. The molecule has 0 heterocycles. The number of carbonyl (C=O) groups excluding carboxylic acids is 1. The molecule has 2 rings (SSSR count). The van der Waals surface area contributed by atoms with E-state index in [9.17, 15) is 4.79 Å². The summed E-state index contributed by atoms with van der Waals surface area (Å²) in [6.07, 6.45) is 0. The molecule has 0 atom stereocenters. The zero-order valence-electron chi connectivity index (χ0n) is 11.5. The van der Waals surface area contributed by atoms with E-state index in [2.05, 4.69) is 10.6 Å². The van der Waals surface area contributed by atoms with Gasteiger partial charge < -0.3 is 10.6 Å². The Kier molecular flexibility index (Phi) is 4.64. The van der Waals surface area contributed by atoms with Gasteiger partial charge in [-0.2, -0.15) is 0 Å². The lowest BCUT2D eigenvalue weighted by molar-refractivity contribution is -0.114. The first-order chi connectivity index (χ1) is 9.56. The van der Waals surface area contributed by atoms with E-state index in [4.69, 9.17) is 11.6 Å². The number of benzene rings is 2. The van der Waals surface area contributed by atoms with Crippen LogP contribution in [0.15, 0.2) is 42.5 Å². The fraction of sp³-hybridized carbons (Fsp3) is 0.188. The Morgan fingerprint density at radius 1 is 1.10 bits per heavy atom. The fourth-order valence-corrected chi connectivity index (χ4v) is 1.96. The summed E-state index contributed by atoms with van der Waals surface area (Å²) in [5.74, 6) is -0.0753. The molecule has 2 N–H and O–H groups in total. The molecule has 2 aromatic carbocycles. The Bertz CT molecular complexity index is 608. The molecule has 0 spiro atoms. The van der Waals surface area contributed by atoms with Crippen LogP contribution in [-0.2, 0) is 4.79 Å². The summed E-state index contributed by atoms with van der Waals surface area (Å²) >= 11 is 5.81. The van der Waals surface area contributed by atoms with Crippen molar-refractivity contribution in [2.45, 2.75) is 13.8 Å². The molecule has 0 aromatic heterocycles. The quantitative estimate of drug-likeness (QED) is 0.892. The minimum Gasteiger partial charge on any atom is -0.376 e. The first-order valence-corrected chi connectivity index (χ1v) is 6.79. The van der Waals surface area contributed by atoms with Gasteiger partial charge in [0.25, 0.3) is 0 Å². The van der Waals surface area contributed by atoms with Gasteiger partial charge in [-0.15, -0.1) is 0 Å². The Morgan fingerprint density at radius 3 is 2.50 bits per heavy atom. The number of aryl methyl sites for hydroxylation is 1. The predicted octanol–water partition coefficient (Wildman–Crippen LogP) is 4.01. The van der Waals surface area contributed by atoms with Crippen LogP contribution in [0.25, 0.3) is 0 Å². The SMILES string of the molecule is Cc1cccc(NC(=O)CNc2ccc(Cl)cc2)c1C. The average molecular weight is 289 g/mol. The summed E-state index contributed by atoms with van der Waals surface area (Å²) in [6.45, 7) is 4.24. The van der Waals surface area contributed by atoms with Crippen LogP contribution in [0, 0.1) is 13.8 Å². The van der Waals surface area contributed by atoms with Crippen molar-refractivity contribution >= 4 is 28.9 Å². The van der Waals surface area contributed by atoms with Crippen LogP contribution in [0.4, 0.5) is 11.4 Å². The number of halogens is 1. The molecule has 0 saturated carbocycles. The van der Waals surface area contributed by atoms with Crippen LogP contribution in [0.3, 0.4) is 0 Å². The van der Waals surface area contributed by atoms with Crippen molar-refractivity contribution in [1.29, 1.82) is 0 Å². The zero-order chi connectivity index (χ0) is 14.5. The van der Waals surface area contributed by atoms with Crippen molar-refractivity contribution < 1.29 is 4.79 Å². The third-order valence-corrected chi connectivity index (χ3v) is 3.43. The molecule has 0 aliphatic rings. The van der Waals surface area contributed by atoms with Gasteiger partial charge in [-0.05, 0) is 55.3 Å². The molecule has 2 aromatic rings. The fourth-order valence-electron chi connectivity index (χ4n) is 1.83. The monoisotopic (exact) mass is 288 g/mol. The molecule has 20 heavy (non-hydrogen) atoms. The van der Waals surface area contributed by atoms with E-state index >= 15 is 0 Å². The largest absolute Gasteiger partial charge is 0.376 e. The van der Waals surface area contributed by atoms with Crippen molar-refractivity contribution in [1.82, 2.24) is 0 Å². The highest BCUT2D eigenvalue weighted by Gasteiger charge is 2.05. The van der Waals surface area contributed by atoms with Crippen molar-refractivity contribution in [3.63, 3.8) is 0 Å². The van der Waals surface area contributed by atoms with E-state index in [0.29, 0.717) is 5.02 Å². The number of nitrogens with one attached hydrogen (secondary N) is 2. The van der Waals surface area contributed by atoms with Gasteiger partial charge in [0.1, 0.15) is 0 Å². The van der Waals surface area contributed by atoms with Gasteiger partial charge in [0.2, 0.25) is 5.91 Å². The van der Waals surface area contributed by atoms with E-state index < -0.39 is 0 Å². The maximum absolute atomic E-state index is 11.9. The minimum atomic E-state index is -0.0753. The lowest BCUT2D eigenvalue weighted by Crippen LogP contribution is -2.22. The van der Waals surface area contributed by atoms with E-state index in [1.165, 1.54) is 0 Å². The Labute approximate surface area is 124 Å². The lowest BCUT2D eigenvalue weighted by Gasteiger charge is -2.11. The minimum absolute atomic E-state index is 0.0753. The number of anilines is 2. The second-order valence-electron chi connectivity index (χ2n) is 4.66. The van der Waals surface area contributed by atoms with Crippen LogP contribution in [0.2, 0.25) is 5.02 Å². The van der Waals surface area contributed by atoms with Crippen LogP contribution in [0.5, 0.6) is 0 Å². The standard InChI is InChI=1S/C16H17ClN2O/c1-11-4-3-5-15(12(11)2)19-16(20)10-18-14-8-6-13(17)7-9-14/h3-9,18H,10H2,1-2H3,(H,19,20). The van der Waals surface area contributed by atoms with Crippen LogP contribution in [0.1, 0.15) is 11.1 Å². The van der Waals surface area contributed by atoms with Crippen molar-refractivity contribution in [2.24, 2.45) is 0 Å². The highest BCUT2D eigenvalue weighted by Crippen LogP contribution is 2.18. The predicted molar refractivity (Wildman–Crippen MR) is 84.5 cm³/mol. The maximum atomic E-state index is 11.9. The first kappa shape index (κ1) is 14.4. The summed E-state index contributed by atoms with van der Waals surface area (Å²) in [7, 11) is 0. The van der Waals surface area contributed by atoms with Gasteiger partial charge in [0.05, 0.1) is 6.54 Å². The molecular formula is C16H17ClN2O. The van der Waals surface area contributed by atoms with E-state index in [1.54, 1.807) is 12.1 Å². The third kappa shape index (κ3) is 3.75. The smallest absolute Gasteiger partial charge is 0.243 e. The summed E-state index contributed by atoms with van der Waals surface area (Å²) in [4.78, 5) is 11.9. The molecule has 0 saturated heterocycles. The Balaban J connectivity index is 1.92. The third-order valence-electron chi connectivity index (χ3n) is 3.18. The Hall–Kier alpha value is -2.00. The van der Waals surface area contributed by atoms with E-state index in [1.807, 2.05) is 44.2 Å². The normalized spacial score (nSPS) is 10.2. The summed E-state index contributed by atoms with van der Waals surface area (Å²) in [6, 6.07) is 13.1. The highest BCUT2D eigenvalue weighted by atomic mass is 35.5. The number of amides is 1. The topological polar surface area (TPSA) is 41.1 Å². The highest BCUT2D eigenvalue weighted by molar-refractivity contribution is 6.30.